The van der Waals surface area contributed by atoms with Crippen LogP contribution in [0, 0.1) is 0 Å². The third-order valence-corrected chi connectivity index (χ3v) is 19.1. The van der Waals surface area contributed by atoms with Crippen LogP contribution in [0.2, 0.25) is 0 Å². The van der Waals surface area contributed by atoms with Crippen molar-refractivity contribution in [1.29, 1.82) is 0 Å². The summed E-state index contributed by atoms with van der Waals surface area (Å²) in [6, 6.07) is 112. The number of para-hydroxylation sites is 7. The molecule has 0 N–H and O–H groups in total. The maximum Gasteiger partial charge on any atom is 0.145 e. The van der Waals surface area contributed by atoms with Gasteiger partial charge < -0.3 is 9.13 Å². The Balaban J connectivity index is 0.861. The number of hydrogen-bond acceptors (Lipinski definition) is 1. The van der Waals surface area contributed by atoms with Gasteiger partial charge in [-0.2, -0.15) is 0 Å². The summed E-state index contributed by atoms with van der Waals surface area (Å²) < 4.78 is 7.14. The average molecular weight is 1170 g/mol. The Labute approximate surface area is 531 Å². The van der Waals surface area contributed by atoms with Crippen LogP contribution in [-0.2, 0) is 0 Å². The first-order chi connectivity index (χ1) is 45.6. The zero-order valence-electron chi connectivity index (χ0n) is 50.6. The van der Waals surface area contributed by atoms with E-state index in [9.17, 15) is 0 Å². The van der Waals surface area contributed by atoms with E-state index in [-0.39, 0.29) is 0 Å². The highest BCUT2D eigenvalue weighted by atomic mass is 15.1. The van der Waals surface area contributed by atoms with Gasteiger partial charge in [0.1, 0.15) is 5.82 Å². The minimum absolute atomic E-state index is 0.917. The van der Waals surface area contributed by atoms with E-state index in [1.165, 1.54) is 98.2 Å². The number of fused-ring (bicyclic) bond motifs is 11. The third kappa shape index (κ3) is 8.21. The Morgan fingerprint density at radius 2 is 0.674 bits per heavy atom. The van der Waals surface area contributed by atoms with Crippen LogP contribution in [0.15, 0.2) is 316 Å². The Hall–Kier alpha value is -12.1. The summed E-state index contributed by atoms with van der Waals surface area (Å²) in [6.07, 6.45) is 6.47. The van der Waals surface area contributed by atoms with Crippen molar-refractivity contribution in [2.45, 2.75) is 6.92 Å². The molecule has 18 aromatic rings. The molecule has 0 aliphatic heterocycles. The summed E-state index contributed by atoms with van der Waals surface area (Å²) in [7, 11) is 0. The first kappa shape index (κ1) is 53.0. The van der Waals surface area contributed by atoms with Crippen LogP contribution < -0.4 is 10.4 Å². The largest absolute Gasteiger partial charge is 0.309 e. The highest BCUT2D eigenvalue weighted by molar-refractivity contribution is 6.23. The van der Waals surface area contributed by atoms with Crippen molar-refractivity contribution in [3.63, 3.8) is 0 Å². The molecule has 0 bridgehead atoms. The van der Waals surface area contributed by atoms with Crippen molar-refractivity contribution in [3.05, 3.63) is 326 Å². The summed E-state index contributed by atoms with van der Waals surface area (Å²) in [5, 5.41) is 16.6. The van der Waals surface area contributed by atoms with Gasteiger partial charge in [0, 0.05) is 44.2 Å². The van der Waals surface area contributed by atoms with Crippen LogP contribution in [0.5, 0.6) is 0 Å². The maximum absolute atomic E-state index is 5.22. The van der Waals surface area contributed by atoms with Gasteiger partial charge in [0.25, 0.3) is 0 Å². The lowest BCUT2D eigenvalue weighted by Gasteiger charge is -2.21. The molecule has 3 heterocycles. The maximum atomic E-state index is 5.22. The first-order valence-electron chi connectivity index (χ1n) is 31.7. The molecule has 0 atom stereocenters. The minimum Gasteiger partial charge on any atom is -0.309 e. The van der Waals surface area contributed by atoms with Gasteiger partial charge in [-0.05, 0) is 196 Å². The molecule has 0 aliphatic carbocycles. The normalized spacial score (nSPS) is 12.4. The molecule has 0 aliphatic rings. The van der Waals surface area contributed by atoms with Crippen molar-refractivity contribution < 1.29 is 0 Å². The predicted octanol–water partition coefficient (Wildman–Crippen LogP) is 21.9. The molecule has 4 heteroatoms. The van der Waals surface area contributed by atoms with Crippen molar-refractivity contribution in [2.24, 2.45) is 0 Å². The van der Waals surface area contributed by atoms with Gasteiger partial charge in [-0.25, -0.2) is 4.98 Å². The topological polar surface area (TPSA) is 27.7 Å². The summed E-state index contributed by atoms with van der Waals surface area (Å²) in [5.74, 6) is 0.917. The van der Waals surface area contributed by atoms with Gasteiger partial charge >= 0.3 is 0 Å². The van der Waals surface area contributed by atoms with E-state index in [4.69, 9.17) is 4.98 Å². The smallest absolute Gasteiger partial charge is 0.145 e. The van der Waals surface area contributed by atoms with Crippen molar-refractivity contribution in [1.82, 2.24) is 18.7 Å². The molecule has 0 saturated carbocycles. The van der Waals surface area contributed by atoms with E-state index in [1.807, 2.05) is 6.08 Å². The number of benzene rings is 15. The van der Waals surface area contributed by atoms with Crippen molar-refractivity contribution >= 4 is 110 Å². The lowest BCUT2D eigenvalue weighted by Crippen LogP contribution is -2.29. The predicted molar refractivity (Wildman–Crippen MR) is 391 cm³/mol. The molecule has 0 saturated heterocycles. The number of rotatable bonds is 9. The first-order valence-corrected chi connectivity index (χ1v) is 31.7. The molecular weight excluding hydrogens is 1110 g/mol. The van der Waals surface area contributed by atoms with Gasteiger partial charge in [-0.15, -0.1) is 0 Å². The van der Waals surface area contributed by atoms with Crippen LogP contribution in [0.25, 0.3) is 183 Å². The fraction of sp³-hybridized carbons (Fsp3) is 0.0114. The zero-order valence-corrected chi connectivity index (χ0v) is 50.6. The summed E-state index contributed by atoms with van der Waals surface area (Å²) in [4.78, 5) is 5.22. The molecule has 92 heavy (non-hydrogen) atoms. The van der Waals surface area contributed by atoms with Crippen LogP contribution in [0.3, 0.4) is 0 Å². The fourth-order valence-electron chi connectivity index (χ4n) is 15.2. The van der Waals surface area contributed by atoms with Gasteiger partial charge in [0.15, 0.2) is 0 Å². The van der Waals surface area contributed by atoms with Crippen molar-refractivity contribution in [3.8, 4) is 73.0 Å². The van der Waals surface area contributed by atoms with Crippen molar-refractivity contribution in [2.75, 3.05) is 0 Å². The number of hydrogen-bond donors (Lipinski definition) is 0. The Morgan fingerprint density at radius 1 is 0.283 bits per heavy atom. The van der Waals surface area contributed by atoms with E-state index in [0.29, 0.717) is 0 Å². The summed E-state index contributed by atoms with van der Waals surface area (Å²) in [5.41, 5.74) is 20.5. The lowest BCUT2D eigenvalue weighted by atomic mass is 9.83. The Kier molecular flexibility index (Phi) is 12.3. The number of nitrogens with zero attached hydrogens (tertiary/aromatic N) is 4. The van der Waals surface area contributed by atoms with E-state index in [2.05, 4.69) is 343 Å². The SMILES string of the molecule is C=C/C=c1/c(-c2ccc3c(-c4cccc(-n5c6ccccc6c6ccccc65)c4)c4ccccc4c(-c4cccc(-n5c6ccccc6c6ccccc65)c4)c3c2)c2ccccc2c(-c2ccc3cc(-c4nc5ccccc5n4-c4ccccc4)ccc3c2)/c1=C/C. The second kappa shape index (κ2) is 21.3. The number of imidazole rings is 1. The Morgan fingerprint density at radius 3 is 1.21 bits per heavy atom. The lowest BCUT2D eigenvalue weighted by molar-refractivity contribution is 1.10. The molecule has 3 aromatic heterocycles. The van der Waals surface area contributed by atoms with Gasteiger partial charge in [0.2, 0.25) is 0 Å². The molecule has 0 fully saturated rings. The second-order valence-electron chi connectivity index (χ2n) is 24.1. The quantitative estimate of drug-likeness (QED) is 0.132. The monoisotopic (exact) mass is 1170 g/mol. The molecule has 4 nitrogen and oxygen atoms in total. The van der Waals surface area contributed by atoms with Crippen LogP contribution in [0.4, 0.5) is 0 Å². The third-order valence-electron chi connectivity index (χ3n) is 19.1. The molecule has 0 amide bonds. The molecule has 18 rings (SSSR count). The molecule has 0 radical (unpaired) electrons. The summed E-state index contributed by atoms with van der Waals surface area (Å²) in [6.45, 7) is 6.57. The average Bonchev–Trinajstić information content (AvgIpc) is 1.01. The van der Waals surface area contributed by atoms with Gasteiger partial charge in [-0.1, -0.05) is 237 Å². The highest BCUT2D eigenvalue weighted by Gasteiger charge is 2.23. The van der Waals surface area contributed by atoms with Gasteiger partial charge in [0.05, 0.1) is 33.1 Å². The van der Waals surface area contributed by atoms with Crippen LogP contribution >= 0.6 is 0 Å². The fourth-order valence-corrected chi connectivity index (χ4v) is 15.2. The molecule has 0 spiro atoms. The van der Waals surface area contributed by atoms with Crippen LogP contribution in [0.1, 0.15) is 6.92 Å². The van der Waals surface area contributed by atoms with E-state index < -0.39 is 0 Å². The number of allylic oxidation sites excluding steroid dienone is 1. The van der Waals surface area contributed by atoms with E-state index >= 15 is 0 Å². The molecular formula is C88H58N4. The molecule has 0 unspecified atom stereocenters. The summed E-state index contributed by atoms with van der Waals surface area (Å²) >= 11 is 0. The minimum atomic E-state index is 0.917. The second-order valence-corrected chi connectivity index (χ2v) is 24.1. The number of aromatic nitrogens is 4. The van der Waals surface area contributed by atoms with Gasteiger partial charge in [-0.3, -0.25) is 4.57 Å². The highest BCUT2D eigenvalue weighted by Crippen LogP contribution is 2.47. The van der Waals surface area contributed by atoms with E-state index in [1.54, 1.807) is 0 Å². The van der Waals surface area contributed by atoms with E-state index in [0.717, 1.165) is 82.9 Å². The zero-order chi connectivity index (χ0) is 61.0. The Bertz CT molecular complexity index is 6130. The standard InChI is InChI=1S/C88H58N4/c1-3-24-71-66(4-2)84(60-47-45-57-52-62(48-46-56(57)51-60)88-89-78-39-16-21-44-83(78)92(88)63-27-6-5-7-28-63)72-35-8-9-36-73(72)86(71)61-49-50-76-77(55-61)87(59-26-23-30-65(54-59)91-81-42-19-14-33-69(81)70-34-15-20-43-82(70)91)75-38-11-10-37-74(75)85(76)58-25-22-29-64(53-58)90-79-40-17-12-31-67(79)68-32-13-18-41-80(68)90/h3-55H,1H2,2H3/b66-4+,71-24+. The van der Waals surface area contributed by atoms with Crippen LogP contribution in [-0.4, -0.2) is 18.7 Å². The molecule has 15 aromatic carbocycles. The molecule has 430 valence electrons.